The maximum absolute atomic E-state index is 11.1. The number of carbonyl (C=O) groups is 1. The van der Waals surface area contributed by atoms with Gasteiger partial charge in [-0.15, -0.1) is 0 Å². The van der Waals surface area contributed by atoms with Crippen LogP contribution < -0.4 is 5.43 Å². The van der Waals surface area contributed by atoms with Gasteiger partial charge in [0.25, 0.3) is 0 Å². The Morgan fingerprint density at radius 1 is 1.71 bits per heavy atom. The number of rotatable bonds is 5. The molecule has 0 aromatic carbocycles. The predicted molar refractivity (Wildman–Crippen MR) is 59.6 cm³/mol. The molecule has 1 N–H and O–H groups in total. The summed E-state index contributed by atoms with van der Waals surface area (Å²) < 4.78 is 0. The van der Waals surface area contributed by atoms with Crippen molar-refractivity contribution in [2.24, 2.45) is 5.10 Å². The monoisotopic (exact) mass is 210 g/mol. The highest BCUT2D eigenvalue weighted by atomic mass is 32.1. The third kappa shape index (κ3) is 4.18. The van der Waals surface area contributed by atoms with Crippen molar-refractivity contribution < 1.29 is 4.79 Å². The third-order valence-corrected chi connectivity index (χ3v) is 2.40. The molecule has 0 saturated heterocycles. The summed E-state index contributed by atoms with van der Waals surface area (Å²) in [4.78, 5) is 11.1. The Morgan fingerprint density at radius 3 is 3.21 bits per heavy atom. The molecule has 0 aliphatic rings. The van der Waals surface area contributed by atoms with E-state index in [2.05, 4.69) is 17.5 Å². The first kappa shape index (κ1) is 10.9. The molecule has 0 spiro atoms. The maximum atomic E-state index is 11.1. The van der Waals surface area contributed by atoms with Gasteiger partial charge in [-0.1, -0.05) is 13.3 Å². The molecule has 0 fully saturated rings. The number of amides is 1. The molecule has 14 heavy (non-hydrogen) atoms. The number of carbonyl (C=O) groups excluding carboxylic acids is 1. The van der Waals surface area contributed by atoms with Crippen LogP contribution in [-0.2, 0) is 4.79 Å². The molecular weight excluding hydrogens is 196 g/mol. The second-order valence-corrected chi connectivity index (χ2v) is 3.73. The van der Waals surface area contributed by atoms with E-state index in [9.17, 15) is 4.79 Å². The van der Waals surface area contributed by atoms with Crippen molar-refractivity contribution in [3.63, 3.8) is 0 Å². The van der Waals surface area contributed by atoms with Gasteiger partial charge in [-0.2, -0.15) is 16.4 Å². The van der Waals surface area contributed by atoms with Gasteiger partial charge >= 0.3 is 0 Å². The lowest BCUT2D eigenvalue weighted by Gasteiger charge is -1.96. The fraction of sp³-hybridized carbons (Fsp3) is 0.400. The average molecular weight is 210 g/mol. The minimum atomic E-state index is -0.0154. The molecule has 0 atom stereocenters. The van der Waals surface area contributed by atoms with Crippen LogP contribution in [0.2, 0.25) is 0 Å². The number of nitrogens with one attached hydrogen (secondary N) is 1. The Labute approximate surface area is 87.8 Å². The van der Waals surface area contributed by atoms with Crippen LogP contribution in [0.1, 0.15) is 31.7 Å². The molecule has 1 aromatic rings. The Balaban J connectivity index is 2.23. The zero-order valence-corrected chi connectivity index (χ0v) is 9.01. The molecule has 0 radical (unpaired) electrons. The van der Waals surface area contributed by atoms with E-state index >= 15 is 0 Å². The van der Waals surface area contributed by atoms with Crippen LogP contribution in [-0.4, -0.2) is 12.1 Å². The first-order valence-electron chi connectivity index (χ1n) is 4.67. The molecule has 4 heteroatoms. The van der Waals surface area contributed by atoms with Crippen LogP contribution >= 0.6 is 11.3 Å². The fourth-order valence-electron chi connectivity index (χ4n) is 0.920. The van der Waals surface area contributed by atoms with Gasteiger partial charge in [0, 0.05) is 12.0 Å². The summed E-state index contributed by atoms with van der Waals surface area (Å²) in [6, 6.07) is 1.95. The van der Waals surface area contributed by atoms with Gasteiger partial charge in [0.1, 0.15) is 0 Å². The number of unbranched alkanes of at least 4 members (excludes halogenated alkanes) is 1. The Hall–Kier alpha value is -1.16. The molecule has 0 unspecified atom stereocenters. The standard InChI is InChI=1S/C10H14N2OS/c1-2-3-4-10(13)12-11-7-9-5-6-14-8-9/h5-8H,2-4H2,1H3,(H,12,13)/b11-7+. The van der Waals surface area contributed by atoms with Crippen molar-refractivity contribution in [1.29, 1.82) is 0 Å². The van der Waals surface area contributed by atoms with E-state index in [1.807, 2.05) is 16.8 Å². The van der Waals surface area contributed by atoms with Crippen LogP contribution in [0.15, 0.2) is 21.9 Å². The van der Waals surface area contributed by atoms with E-state index in [1.165, 1.54) is 0 Å². The molecule has 1 amide bonds. The number of thiophene rings is 1. The summed E-state index contributed by atoms with van der Waals surface area (Å²) >= 11 is 1.61. The Bertz CT molecular complexity index is 293. The van der Waals surface area contributed by atoms with E-state index in [4.69, 9.17) is 0 Å². The summed E-state index contributed by atoms with van der Waals surface area (Å²) in [6.45, 7) is 2.06. The largest absolute Gasteiger partial charge is 0.273 e. The van der Waals surface area contributed by atoms with Crippen LogP contribution in [0.25, 0.3) is 0 Å². The summed E-state index contributed by atoms with van der Waals surface area (Å²) in [7, 11) is 0. The molecule has 3 nitrogen and oxygen atoms in total. The topological polar surface area (TPSA) is 41.5 Å². The van der Waals surface area contributed by atoms with Crippen LogP contribution in [0.4, 0.5) is 0 Å². The smallest absolute Gasteiger partial charge is 0.240 e. The molecule has 1 aromatic heterocycles. The van der Waals surface area contributed by atoms with E-state index in [0.717, 1.165) is 18.4 Å². The van der Waals surface area contributed by atoms with Crippen molar-refractivity contribution in [2.75, 3.05) is 0 Å². The zero-order chi connectivity index (χ0) is 10.2. The van der Waals surface area contributed by atoms with Gasteiger partial charge in [-0.3, -0.25) is 4.79 Å². The Morgan fingerprint density at radius 2 is 2.57 bits per heavy atom. The lowest BCUT2D eigenvalue weighted by molar-refractivity contribution is -0.121. The zero-order valence-electron chi connectivity index (χ0n) is 8.19. The van der Waals surface area contributed by atoms with Crippen molar-refractivity contribution in [2.45, 2.75) is 26.2 Å². The van der Waals surface area contributed by atoms with Gasteiger partial charge in [0.05, 0.1) is 6.21 Å². The van der Waals surface area contributed by atoms with E-state index < -0.39 is 0 Å². The molecule has 1 heterocycles. The van der Waals surface area contributed by atoms with Gasteiger partial charge in [-0.05, 0) is 23.2 Å². The van der Waals surface area contributed by atoms with Gasteiger partial charge < -0.3 is 0 Å². The lowest BCUT2D eigenvalue weighted by Crippen LogP contribution is -2.16. The number of hydrogen-bond acceptors (Lipinski definition) is 3. The SMILES string of the molecule is CCCCC(=O)N/N=C/c1ccsc1. The van der Waals surface area contributed by atoms with Gasteiger partial charge in [0.15, 0.2) is 0 Å². The molecule has 0 aliphatic heterocycles. The molecule has 0 saturated carbocycles. The van der Waals surface area contributed by atoms with Gasteiger partial charge in [-0.25, -0.2) is 5.43 Å². The minimum Gasteiger partial charge on any atom is -0.273 e. The van der Waals surface area contributed by atoms with Crippen LogP contribution in [0.5, 0.6) is 0 Å². The summed E-state index contributed by atoms with van der Waals surface area (Å²) in [5.74, 6) is -0.0154. The Kier molecular flexibility index (Phi) is 4.93. The molecule has 76 valence electrons. The second kappa shape index (κ2) is 6.32. The fourth-order valence-corrected chi connectivity index (χ4v) is 1.53. The first-order chi connectivity index (χ1) is 6.83. The third-order valence-electron chi connectivity index (χ3n) is 1.70. The lowest BCUT2D eigenvalue weighted by atomic mass is 10.2. The number of hydrogen-bond donors (Lipinski definition) is 1. The summed E-state index contributed by atoms with van der Waals surface area (Å²) in [5, 5.41) is 7.80. The normalized spacial score (nSPS) is 10.6. The van der Waals surface area contributed by atoms with Crippen molar-refractivity contribution in [3.05, 3.63) is 22.4 Å². The number of hydrazone groups is 1. The molecular formula is C10H14N2OS. The van der Waals surface area contributed by atoms with Gasteiger partial charge in [0.2, 0.25) is 5.91 Å². The summed E-state index contributed by atoms with van der Waals surface area (Å²) in [5.41, 5.74) is 3.51. The highest BCUT2D eigenvalue weighted by Crippen LogP contribution is 2.02. The van der Waals surface area contributed by atoms with Crippen LogP contribution in [0, 0.1) is 0 Å². The van der Waals surface area contributed by atoms with E-state index in [-0.39, 0.29) is 5.91 Å². The van der Waals surface area contributed by atoms with Crippen molar-refractivity contribution in [1.82, 2.24) is 5.43 Å². The first-order valence-corrected chi connectivity index (χ1v) is 5.61. The molecule has 0 bridgehead atoms. The highest BCUT2D eigenvalue weighted by Gasteiger charge is 1.96. The molecule has 1 rings (SSSR count). The predicted octanol–water partition coefficient (Wildman–Crippen LogP) is 2.39. The van der Waals surface area contributed by atoms with Crippen LogP contribution in [0.3, 0.4) is 0 Å². The quantitative estimate of drug-likeness (QED) is 0.588. The van der Waals surface area contributed by atoms with E-state index in [1.54, 1.807) is 17.6 Å². The second-order valence-electron chi connectivity index (χ2n) is 2.95. The molecule has 0 aliphatic carbocycles. The number of nitrogens with zero attached hydrogens (tertiary/aromatic N) is 1. The van der Waals surface area contributed by atoms with Crippen molar-refractivity contribution >= 4 is 23.5 Å². The van der Waals surface area contributed by atoms with E-state index in [0.29, 0.717) is 6.42 Å². The minimum absolute atomic E-state index is 0.0154. The summed E-state index contributed by atoms with van der Waals surface area (Å²) in [6.07, 6.45) is 4.15. The van der Waals surface area contributed by atoms with Crippen molar-refractivity contribution in [3.8, 4) is 0 Å². The maximum Gasteiger partial charge on any atom is 0.240 e. The average Bonchev–Trinajstić information content (AvgIpc) is 2.67. The highest BCUT2D eigenvalue weighted by molar-refractivity contribution is 7.08.